The summed E-state index contributed by atoms with van der Waals surface area (Å²) in [7, 11) is -9.02. The minimum atomic E-state index is -4.51. The quantitative estimate of drug-likeness (QED) is 0.0245. The molecule has 0 aliphatic carbocycles. The van der Waals surface area contributed by atoms with Crippen molar-refractivity contribution in [2.24, 2.45) is 0 Å². The molecule has 0 aliphatic heterocycles. The zero-order chi connectivity index (χ0) is 57.1. The topological polar surface area (TPSA) is 220 Å². The Labute approximate surface area is 467 Å². The van der Waals surface area contributed by atoms with Crippen LogP contribution >= 0.6 is 13.2 Å². The summed E-state index contributed by atoms with van der Waals surface area (Å²) in [5.41, 5.74) is -0.00436. The standard InChI is InChI=1S/C62H64O14P2S2/c1-77(51-21-9-3-10-22-51,52-23-11-4-12-24-52,53-25-13-5-14-26-53)59(73-43-49(63)45-75-61(65)47-33-37-57(38-34-47)79(67,68)69)41-42-60(74-44-50(64)46-76-62(66)48-35-39-58(40-36-48)80(70,71)72)78(2,54-27-15-6-16-28-54,55-29-17-7-18-30-55)56-31-19-8-20-32-56/h3-40,49-50,59-60,63-64H,41-46H2,1-2H3,(H,67,68,69)(H,70,71,72). The van der Waals surface area contributed by atoms with Crippen LogP contribution in [0.25, 0.3) is 0 Å². The third kappa shape index (κ3) is 12.1. The molecule has 14 nitrogen and oxygen atoms in total. The van der Waals surface area contributed by atoms with Crippen LogP contribution < -0.4 is 31.8 Å². The van der Waals surface area contributed by atoms with Gasteiger partial charge in [-0.05, 0) is 0 Å². The fourth-order valence-electron chi connectivity index (χ4n) is 10.8. The van der Waals surface area contributed by atoms with Gasteiger partial charge < -0.3 is 0 Å². The monoisotopic (exact) mass is 1160 g/mol. The summed E-state index contributed by atoms with van der Waals surface area (Å²) < 4.78 is 91.5. The van der Waals surface area contributed by atoms with Crippen molar-refractivity contribution in [1.29, 1.82) is 0 Å². The number of benzene rings is 8. The maximum atomic E-state index is 13.3. The summed E-state index contributed by atoms with van der Waals surface area (Å²) in [6.07, 6.45) is -2.17. The molecule has 0 aliphatic rings. The molecular formula is C62H64O14P2S2. The zero-order valence-corrected chi connectivity index (χ0v) is 47.5. The van der Waals surface area contributed by atoms with E-state index >= 15 is 0 Å². The molecule has 18 heteroatoms. The van der Waals surface area contributed by atoms with Crippen molar-refractivity contribution in [1.82, 2.24) is 0 Å². The second kappa shape index (κ2) is 24.9. The second-order valence-corrected chi connectivity index (χ2v) is 33.7. The van der Waals surface area contributed by atoms with Gasteiger partial charge in [0.25, 0.3) is 0 Å². The van der Waals surface area contributed by atoms with Gasteiger partial charge in [-0.15, -0.1) is 0 Å². The first-order valence-corrected chi connectivity index (χ1v) is 34.1. The molecular weight excluding hydrogens is 1090 g/mol. The van der Waals surface area contributed by atoms with E-state index < -0.39 is 92.3 Å². The Bertz CT molecular complexity index is 3130. The summed E-state index contributed by atoms with van der Waals surface area (Å²) >= 11 is 0. The molecule has 0 spiro atoms. The molecule has 4 unspecified atom stereocenters. The van der Waals surface area contributed by atoms with Crippen LogP contribution in [0.15, 0.2) is 240 Å². The summed E-state index contributed by atoms with van der Waals surface area (Å²) in [5, 5.41) is 29.6. The number of aliphatic hydroxyl groups is 2. The Kier molecular flexibility index (Phi) is 18.5. The Hall–Kier alpha value is -6.78. The predicted molar refractivity (Wildman–Crippen MR) is 316 cm³/mol. The third-order valence-corrected chi connectivity index (χ3v) is 30.4. The van der Waals surface area contributed by atoms with Crippen LogP contribution in [0.3, 0.4) is 0 Å². The SMILES string of the molecule is CP(c1ccccc1)(c1ccccc1)(c1ccccc1)C(CCC(OCC(O)COC(=O)c1ccc(S(=O)(=O)O)cc1)P(C)(c1ccccc1)(c1ccccc1)c1ccccc1)OCC(O)COC(=O)c1ccc(S(=O)(=O)O)cc1. The molecule has 0 aromatic heterocycles. The van der Waals surface area contributed by atoms with Gasteiger partial charge in [-0.1, -0.05) is 0 Å². The van der Waals surface area contributed by atoms with E-state index in [2.05, 4.69) is 86.1 Å². The molecule has 0 amide bonds. The van der Waals surface area contributed by atoms with Crippen LogP contribution in [-0.4, -0.2) is 112 Å². The molecule has 418 valence electrons. The van der Waals surface area contributed by atoms with Crippen LogP contribution in [0.1, 0.15) is 33.6 Å². The molecule has 8 aromatic carbocycles. The van der Waals surface area contributed by atoms with Gasteiger partial charge in [0.05, 0.1) is 0 Å². The average molecular weight is 1160 g/mol. The maximum absolute atomic E-state index is 13.3. The molecule has 4 N–H and O–H groups in total. The zero-order valence-electron chi connectivity index (χ0n) is 44.1. The van der Waals surface area contributed by atoms with Crippen LogP contribution in [0.5, 0.6) is 0 Å². The van der Waals surface area contributed by atoms with Crippen LogP contribution in [-0.2, 0) is 39.2 Å². The fourth-order valence-corrected chi connectivity index (χ4v) is 23.7. The van der Waals surface area contributed by atoms with Crippen LogP contribution in [0.2, 0.25) is 0 Å². The summed E-state index contributed by atoms with van der Waals surface area (Å²) in [5.74, 6) is -3.18. The Morgan fingerprint density at radius 3 is 0.812 bits per heavy atom. The average Bonchev–Trinajstić information content (AvgIpc) is 3.23. The van der Waals surface area contributed by atoms with E-state index in [1.54, 1.807) is 0 Å². The number of ether oxygens (including phenoxy) is 4. The predicted octanol–water partition coefficient (Wildman–Crippen LogP) is 7.70. The van der Waals surface area contributed by atoms with E-state index in [0.29, 0.717) is 0 Å². The summed E-state index contributed by atoms with van der Waals surface area (Å²) in [6.45, 7) is -5.06. The van der Waals surface area contributed by atoms with E-state index in [-0.39, 0.29) is 37.2 Å². The van der Waals surface area contributed by atoms with E-state index in [4.69, 9.17) is 18.9 Å². The fraction of sp³-hybridized carbons (Fsp3) is 0.194. The number of hydrogen-bond acceptors (Lipinski definition) is 12. The number of carbonyl (C=O) groups is 2. The molecule has 4 atom stereocenters. The van der Waals surface area contributed by atoms with Crippen molar-refractivity contribution in [2.75, 3.05) is 39.8 Å². The molecule has 0 heterocycles. The Balaban J connectivity index is 1.24. The Morgan fingerprint density at radius 1 is 0.375 bits per heavy atom. The molecule has 8 rings (SSSR count). The molecule has 80 heavy (non-hydrogen) atoms. The van der Waals surface area contributed by atoms with Gasteiger partial charge in [0.2, 0.25) is 0 Å². The Morgan fingerprint density at radius 2 is 0.600 bits per heavy atom. The normalized spacial score (nSPS) is 14.7. The van der Waals surface area contributed by atoms with Gasteiger partial charge in [-0.25, -0.2) is 0 Å². The van der Waals surface area contributed by atoms with Crippen LogP contribution in [0, 0.1) is 0 Å². The van der Waals surface area contributed by atoms with Gasteiger partial charge >= 0.3 is 444 Å². The molecule has 0 fully saturated rings. The second-order valence-electron chi connectivity index (χ2n) is 20.0. The van der Waals surface area contributed by atoms with Crippen molar-refractivity contribution in [3.8, 4) is 0 Å². The number of rotatable bonds is 25. The molecule has 8 aromatic rings. The van der Waals surface area contributed by atoms with Gasteiger partial charge in [-0.2, -0.15) is 16.8 Å². The van der Waals surface area contributed by atoms with Crippen molar-refractivity contribution >= 4 is 77.2 Å². The van der Waals surface area contributed by atoms with Gasteiger partial charge in [-0.3, -0.25) is 9.11 Å². The first-order valence-electron chi connectivity index (χ1n) is 25.7. The summed E-state index contributed by atoms with van der Waals surface area (Å²) in [4.78, 5) is 25.8. The number of esters is 2. The molecule has 0 saturated carbocycles. The van der Waals surface area contributed by atoms with Crippen molar-refractivity contribution in [2.45, 2.75) is 46.5 Å². The van der Waals surface area contributed by atoms with E-state index in [9.17, 15) is 45.7 Å². The first kappa shape index (κ1) is 59.3. The molecule has 0 radical (unpaired) electrons. The van der Waals surface area contributed by atoms with Gasteiger partial charge in [0.1, 0.15) is 0 Å². The van der Waals surface area contributed by atoms with E-state index in [0.717, 1.165) is 56.1 Å². The van der Waals surface area contributed by atoms with Gasteiger partial charge in [0, 0.05) is 0 Å². The minimum absolute atomic E-state index is 0.00218. The molecule has 0 saturated heterocycles. The van der Waals surface area contributed by atoms with Crippen molar-refractivity contribution in [3.63, 3.8) is 0 Å². The number of carbonyl (C=O) groups excluding carboxylic acids is 2. The molecule has 0 bridgehead atoms. The number of hydrogen-bond donors (Lipinski definition) is 4. The van der Waals surface area contributed by atoms with E-state index in [1.807, 2.05) is 109 Å². The van der Waals surface area contributed by atoms with E-state index in [1.165, 1.54) is 24.3 Å². The first-order chi connectivity index (χ1) is 38.3. The number of aliphatic hydroxyl groups excluding tert-OH is 2. The van der Waals surface area contributed by atoms with Gasteiger partial charge in [0.15, 0.2) is 0 Å². The summed E-state index contributed by atoms with van der Waals surface area (Å²) in [6, 6.07) is 70.0. The van der Waals surface area contributed by atoms with Crippen molar-refractivity contribution in [3.05, 3.63) is 242 Å². The van der Waals surface area contributed by atoms with Crippen LogP contribution in [0.4, 0.5) is 0 Å². The third-order valence-electron chi connectivity index (χ3n) is 15.2. The van der Waals surface area contributed by atoms with Crippen molar-refractivity contribution < 1.29 is 64.7 Å².